The smallest absolute Gasteiger partial charge is 0.320 e. The Kier molecular flexibility index (Phi) is 3.49. The summed E-state index contributed by atoms with van der Waals surface area (Å²) in [6.45, 7) is 0. The number of benzene rings is 1. The molecule has 0 aromatic heterocycles. The Labute approximate surface area is 90.1 Å². The van der Waals surface area contributed by atoms with Crippen molar-refractivity contribution in [3.8, 4) is 5.75 Å². The van der Waals surface area contributed by atoms with Crippen LogP contribution >= 0.6 is 11.6 Å². The zero-order valence-electron chi connectivity index (χ0n) is 7.58. The molecule has 0 saturated carbocycles. The standard InChI is InChI=1S/C9H9ClFNO3/c10-5-1-2-6(11)8(13)4(5)3-7(12)9(14)15/h1-2,7,13H,3,12H2,(H,14,15). The molecular formula is C9H9ClFNO3. The van der Waals surface area contributed by atoms with Gasteiger partial charge < -0.3 is 15.9 Å². The van der Waals surface area contributed by atoms with Crippen LogP contribution in [0, 0.1) is 5.82 Å². The van der Waals surface area contributed by atoms with Gasteiger partial charge in [-0.1, -0.05) is 11.6 Å². The van der Waals surface area contributed by atoms with Gasteiger partial charge in [0.1, 0.15) is 6.04 Å². The van der Waals surface area contributed by atoms with E-state index in [4.69, 9.17) is 22.4 Å². The number of halogens is 2. The van der Waals surface area contributed by atoms with Crippen LogP contribution in [0.1, 0.15) is 5.56 Å². The van der Waals surface area contributed by atoms with Gasteiger partial charge in [-0.15, -0.1) is 0 Å². The van der Waals surface area contributed by atoms with Crippen molar-refractivity contribution in [2.75, 3.05) is 0 Å². The molecule has 1 atom stereocenters. The van der Waals surface area contributed by atoms with Gasteiger partial charge >= 0.3 is 5.97 Å². The summed E-state index contributed by atoms with van der Waals surface area (Å²) in [5.74, 6) is -2.75. The second-order valence-electron chi connectivity index (χ2n) is 3.01. The van der Waals surface area contributed by atoms with Gasteiger partial charge in [0, 0.05) is 17.0 Å². The van der Waals surface area contributed by atoms with Gasteiger partial charge in [0.15, 0.2) is 11.6 Å². The van der Waals surface area contributed by atoms with Crippen LogP contribution in [-0.2, 0) is 11.2 Å². The number of rotatable bonds is 3. The molecular weight excluding hydrogens is 225 g/mol. The van der Waals surface area contributed by atoms with Crippen LogP contribution in [0.4, 0.5) is 4.39 Å². The Morgan fingerprint density at radius 1 is 1.60 bits per heavy atom. The van der Waals surface area contributed by atoms with Crippen molar-refractivity contribution in [1.82, 2.24) is 0 Å². The van der Waals surface area contributed by atoms with Crippen LogP contribution in [0.3, 0.4) is 0 Å². The minimum Gasteiger partial charge on any atom is -0.505 e. The second kappa shape index (κ2) is 4.46. The van der Waals surface area contributed by atoms with E-state index in [1.54, 1.807) is 0 Å². The molecule has 0 bridgehead atoms. The molecule has 15 heavy (non-hydrogen) atoms. The van der Waals surface area contributed by atoms with E-state index in [0.29, 0.717) is 0 Å². The molecule has 4 N–H and O–H groups in total. The number of aliphatic carboxylic acids is 1. The van der Waals surface area contributed by atoms with E-state index in [1.807, 2.05) is 0 Å². The summed E-state index contributed by atoms with van der Waals surface area (Å²) in [6, 6.07) is 1.00. The summed E-state index contributed by atoms with van der Waals surface area (Å²) in [7, 11) is 0. The number of aromatic hydroxyl groups is 1. The summed E-state index contributed by atoms with van der Waals surface area (Å²) in [6.07, 6.45) is -0.224. The number of carboxylic acid groups (broad SMARTS) is 1. The summed E-state index contributed by atoms with van der Waals surface area (Å²) < 4.78 is 12.9. The quantitative estimate of drug-likeness (QED) is 0.731. The number of carbonyl (C=O) groups is 1. The molecule has 0 aliphatic carbocycles. The highest BCUT2D eigenvalue weighted by Crippen LogP contribution is 2.29. The number of carboxylic acids is 1. The van der Waals surface area contributed by atoms with Gasteiger partial charge in [-0.05, 0) is 12.1 Å². The number of phenolic OH excluding ortho intramolecular Hbond substituents is 1. The fourth-order valence-corrected chi connectivity index (χ4v) is 1.31. The van der Waals surface area contributed by atoms with Gasteiger partial charge in [0.2, 0.25) is 0 Å². The number of hydrogen-bond donors (Lipinski definition) is 3. The average molecular weight is 234 g/mol. The number of hydrogen-bond acceptors (Lipinski definition) is 3. The fourth-order valence-electron chi connectivity index (χ4n) is 1.08. The third-order valence-electron chi connectivity index (χ3n) is 1.92. The first-order valence-electron chi connectivity index (χ1n) is 4.07. The van der Waals surface area contributed by atoms with Crippen LogP contribution in [0.15, 0.2) is 12.1 Å². The van der Waals surface area contributed by atoms with E-state index in [9.17, 15) is 14.3 Å². The largest absolute Gasteiger partial charge is 0.505 e. The molecule has 0 aliphatic rings. The van der Waals surface area contributed by atoms with Crippen molar-refractivity contribution in [1.29, 1.82) is 0 Å². The van der Waals surface area contributed by atoms with Crippen molar-refractivity contribution in [2.45, 2.75) is 12.5 Å². The molecule has 82 valence electrons. The first kappa shape index (κ1) is 11.7. The van der Waals surface area contributed by atoms with Crippen molar-refractivity contribution in [2.24, 2.45) is 5.73 Å². The lowest BCUT2D eigenvalue weighted by Gasteiger charge is -2.10. The van der Waals surface area contributed by atoms with Crippen molar-refractivity contribution < 1.29 is 19.4 Å². The second-order valence-corrected chi connectivity index (χ2v) is 3.41. The molecule has 1 aromatic rings. The summed E-state index contributed by atoms with van der Waals surface area (Å²) in [5, 5.41) is 17.9. The van der Waals surface area contributed by atoms with E-state index >= 15 is 0 Å². The van der Waals surface area contributed by atoms with Crippen LogP contribution in [-0.4, -0.2) is 22.2 Å². The van der Waals surface area contributed by atoms with Gasteiger partial charge in [-0.2, -0.15) is 0 Å². The highest BCUT2D eigenvalue weighted by Gasteiger charge is 2.18. The summed E-state index contributed by atoms with van der Waals surface area (Å²) in [5.41, 5.74) is 5.25. The Morgan fingerprint density at radius 2 is 2.20 bits per heavy atom. The maximum Gasteiger partial charge on any atom is 0.320 e. The summed E-state index contributed by atoms with van der Waals surface area (Å²) in [4.78, 5) is 10.5. The third-order valence-corrected chi connectivity index (χ3v) is 2.27. The van der Waals surface area contributed by atoms with Gasteiger partial charge in [0.05, 0.1) is 0 Å². The highest BCUT2D eigenvalue weighted by molar-refractivity contribution is 6.31. The molecule has 0 heterocycles. The van der Waals surface area contributed by atoms with Gasteiger partial charge in [-0.25, -0.2) is 4.39 Å². The predicted molar refractivity (Wildman–Crippen MR) is 52.4 cm³/mol. The Hall–Kier alpha value is -1.33. The van der Waals surface area contributed by atoms with Crippen molar-refractivity contribution in [3.63, 3.8) is 0 Å². The maximum absolute atomic E-state index is 12.9. The lowest BCUT2D eigenvalue weighted by atomic mass is 10.1. The molecule has 4 nitrogen and oxygen atoms in total. The minimum absolute atomic E-state index is 0.00608. The average Bonchev–Trinajstić information content (AvgIpc) is 2.18. The predicted octanol–water partition coefficient (Wildman–Crippen LogP) is 1.14. The molecule has 0 saturated heterocycles. The normalized spacial score (nSPS) is 12.5. The topological polar surface area (TPSA) is 83.5 Å². The molecule has 1 aromatic carbocycles. The first-order chi connectivity index (χ1) is 6.93. The van der Waals surface area contributed by atoms with Crippen LogP contribution in [0.2, 0.25) is 5.02 Å². The lowest BCUT2D eigenvalue weighted by molar-refractivity contribution is -0.138. The van der Waals surface area contributed by atoms with Crippen LogP contribution in [0.25, 0.3) is 0 Å². The van der Waals surface area contributed by atoms with Crippen molar-refractivity contribution >= 4 is 17.6 Å². The minimum atomic E-state index is -1.24. The van der Waals surface area contributed by atoms with Crippen LogP contribution < -0.4 is 5.73 Å². The van der Waals surface area contributed by atoms with E-state index in [1.165, 1.54) is 6.07 Å². The Bertz CT molecular complexity index is 397. The first-order valence-corrected chi connectivity index (χ1v) is 4.45. The molecule has 1 rings (SSSR count). The van der Waals surface area contributed by atoms with E-state index in [0.717, 1.165) is 6.07 Å². The molecule has 0 amide bonds. The summed E-state index contributed by atoms with van der Waals surface area (Å²) >= 11 is 5.68. The van der Waals surface area contributed by atoms with Gasteiger partial charge in [-0.3, -0.25) is 4.79 Å². The monoisotopic (exact) mass is 233 g/mol. The van der Waals surface area contributed by atoms with E-state index < -0.39 is 23.6 Å². The molecule has 0 aliphatic heterocycles. The van der Waals surface area contributed by atoms with Crippen molar-refractivity contribution in [3.05, 3.63) is 28.5 Å². The molecule has 0 radical (unpaired) electrons. The molecule has 0 spiro atoms. The zero-order valence-corrected chi connectivity index (χ0v) is 8.33. The molecule has 6 heteroatoms. The fraction of sp³-hybridized carbons (Fsp3) is 0.222. The lowest BCUT2D eigenvalue weighted by Crippen LogP contribution is -2.32. The van der Waals surface area contributed by atoms with Gasteiger partial charge in [0.25, 0.3) is 0 Å². The maximum atomic E-state index is 12.9. The highest BCUT2D eigenvalue weighted by atomic mass is 35.5. The van der Waals surface area contributed by atoms with E-state index in [-0.39, 0.29) is 17.0 Å². The Morgan fingerprint density at radius 3 is 2.73 bits per heavy atom. The van der Waals surface area contributed by atoms with Crippen LogP contribution in [0.5, 0.6) is 5.75 Å². The van der Waals surface area contributed by atoms with E-state index in [2.05, 4.69) is 0 Å². The zero-order chi connectivity index (χ0) is 11.6. The Balaban J connectivity index is 3.03. The molecule has 1 unspecified atom stereocenters. The number of phenols is 1. The molecule has 0 fully saturated rings. The number of nitrogens with two attached hydrogens (primary N) is 1. The SMILES string of the molecule is NC(Cc1c(Cl)ccc(F)c1O)C(=O)O. The third kappa shape index (κ3) is 2.57.